The lowest BCUT2D eigenvalue weighted by Crippen LogP contribution is -2.11. The number of nitrogens with one attached hydrogen (secondary N) is 1. The van der Waals surface area contributed by atoms with Crippen LogP contribution < -0.4 is 5.69 Å². The molecule has 1 N–H and O–H groups in total. The summed E-state index contributed by atoms with van der Waals surface area (Å²) in [7, 11) is 1.76. The second-order valence-corrected chi connectivity index (χ2v) is 4.44. The van der Waals surface area contributed by atoms with E-state index in [0.29, 0.717) is 0 Å². The summed E-state index contributed by atoms with van der Waals surface area (Å²) in [5.41, 5.74) is 4.73. The first-order valence-corrected chi connectivity index (χ1v) is 7.77. The van der Waals surface area contributed by atoms with E-state index in [9.17, 15) is 4.79 Å². The van der Waals surface area contributed by atoms with Gasteiger partial charge in [-0.25, -0.2) is 4.79 Å². The SMILES string of the molecule is CC.CC.Cc1ccnc(-c2ccc3c(c2)[nH]c(=O)n3C)c1. The van der Waals surface area contributed by atoms with Gasteiger partial charge in [0.15, 0.2) is 0 Å². The first kappa shape index (κ1) is 17.7. The highest BCUT2D eigenvalue weighted by atomic mass is 16.1. The molecule has 4 nitrogen and oxygen atoms in total. The van der Waals surface area contributed by atoms with Gasteiger partial charge in [-0.3, -0.25) is 9.55 Å². The van der Waals surface area contributed by atoms with Crippen molar-refractivity contribution in [3.63, 3.8) is 0 Å². The highest BCUT2D eigenvalue weighted by Gasteiger charge is 2.05. The number of aryl methyl sites for hydroxylation is 2. The zero-order chi connectivity index (χ0) is 16.7. The highest BCUT2D eigenvalue weighted by Crippen LogP contribution is 2.21. The molecule has 0 unspecified atom stereocenters. The van der Waals surface area contributed by atoms with Crippen molar-refractivity contribution in [3.05, 3.63) is 52.6 Å². The van der Waals surface area contributed by atoms with Gasteiger partial charge in [0.1, 0.15) is 0 Å². The number of hydrogen-bond acceptors (Lipinski definition) is 2. The first-order valence-electron chi connectivity index (χ1n) is 7.77. The van der Waals surface area contributed by atoms with E-state index in [1.54, 1.807) is 17.8 Å². The lowest BCUT2D eigenvalue weighted by atomic mass is 10.1. The molecule has 0 aliphatic carbocycles. The maximum atomic E-state index is 11.5. The molecule has 0 spiro atoms. The molecule has 22 heavy (non-hydrogen) atoms. The molecule has 118 valence electrons. The summed E-state index contributed by atoms with van der Waals surface area (Å²) < 4.78 is 1.60. The van der Waals surface area contributed by atoms with Crippen LogP contribution in [-0.2, 0) is 7.05 Å². The van der Waals surface area contributed by atoms with Crippen LogP contribution in [0.5, 0.6) is 0 Å². The van der Waals surface area contributed by atoms with Gasteiger partial charge in [0.05, 0.1) is 16.7 Å². The van der Waals surface area contributed by atoms with Gasteiger partial charge < -0.3 is 4.98 Å². The van der Waals surface area contributed by atoms with Crippen molar-refractivity contribution >= 4 is 11.0 Å². The van der Waals surface area contributed by atoms with Crippen molar-refractivity contribution in [1.29, 1.82) is 0 Å². The molecule has 3 rings (SSSR count). The summed E-state index contributed by atoms with van der Waals surface area (Å²) in [6.45, 7) is 10.0. The Kier molecular flexibility index (Phi) is 6.57. The second kappa shape index (κ2) is 8.17. The van der Waals surface area contributed by atoms with Gasteiger partial charge in [-0.05, 0) is 36.8 Å². The number of pyridine rings is 1. The molecule has 2 aromatic heterocycles. The molecule has 1 aromatic carbocycles. The molecular formula is C18H25N3O. The number of H-pyrrole nitrogens is 1. The minimum absolute atomic E-state index is 0.0978. The molecule has 0 atom stereocenters. The summed E-state index contributed by atoms with van der Waals surface area (Å²) in [5, 5.41) is 0. The number of aromatic nitrogens is 3. The third-order valence-corrected chi connectivity index (χ3v) is 3.12. The smallest absolute Gasteiger partial charge is 0.306 e. The number of hydrogen-bond donors (Lipinski definition) is 1. The monoisotopic (exact) mass is 299 g/mol. The van der Waals surface area contributed by atoms with E-state index in [1.165, 1.54) is 5.56 Å². The standard InChI is InChI=1S/C14H13N3O.2C2H6/c1-9-5-6-15-11(7-9)10-3-4-13-12(8-10)16-14(18)17(13)2;2*1-2/h3-8H,1-2H3,(H,16,18);2*1-2H3. The number of benzene rings is 1. The van der Waals surface area contributed by atoms with Gasteiger partial charge in [-0.2, -0.15) is 0 Å². The molecule has 0 saturated carbocycles. The van der Waals surface area contributed by atoms with E-state index in [0.717, 1.165) is 22.3 Å². The van der Waals surface area contributed by atoms with Crippen LogP contribution in [0.25, 0.3) is 22.3 Å². The molecule has 0 saturated heterocycles. The first-order chi connectivity index (χ1) is 10.6. The maximum Gasteiger partial charge on any atom is 0.326 e. The number of imidazole rings is 1. The van der Waals surface area contributed by atoms with E-state index in [1.807, 2.05) is 65.0 Å². The van der Waals surface area contributed by atoms with E-state index in [2.05, 4.69) is 9.97 Å². The Hall–Kier alpha value is -2.36. The van der Waals surface area contributed by atoms with Gasteiger partial charge in [-0.1, -0.05) is 33.8 Å². The number of nitrogens with zero attached hydrogens (tertiary/aromatic N) is 2. The Morgan fingerprint density at radius 2 is 1.73 bits per heavy atom. The summed E-state index contributed by atoms with van der Waals surface area (Å²) in [6, 6.07) is 9.87. The normalized spacial score (nSPS) is 9.55. The van der Waals surface area contributed by atoms with E-state index >= 15 is 0 Å². The van der Waals surface area contributed by atoms with Gasteiger partial charge in [0.25, 0.3) is 0 Å². The van der Waals surface area contributed by atoms with Crippen LogP contribution >= 0.6 is 0 Å². The summed E-state index contributed by atoms with van der Waals surface area (Å²) in [4.78, 5) is 18.7. The highest BCUT2D eigenvalue weighted by molar-refractivity contribution is 5.81. The van der Waals surface area contributed by atoms with Crippen molar-refractivity contribution in [2.24, 2.45) is 7.05 Å². The maximum absolute atomic E-state index is 11.5. The summed E-state index contributed by atoms with van der Waals surface area (Å²) in [6.07, 6.45) is 1.79. The van der Waals surface area contributed by atoms with E-state index in [4.69, 9.17) is 0 Å². The van der Waals surface area contributed by atoms with Crippen LogP contribution in [0.15, 0.2) is 41.3 Å². The van der Waals surface area contributed by atoms with Crippen LogP contribution in [0.1, 0.15) is 33.3 Å². The molecule has 0 bridgehead atoms. The zero-order valence-corrected chi connectivity index (χ0v) is 14.3. The minimum atomic E-state index is -0.0978. The number of rotatable bonds is 1. The van der Waals surface area contributed by atoms with E-state index < -0.39 is 0 Å². The molecule has 0 amide bonds. The Morgan fingerprint density at radius 3 is 2.36 bits per heavy atom. The molecule has 0 aliphatic rings. The molecule has 0 radical (unpaired) electrons. The lowest BCUT2D eigenvalue weighted by molar-refractivity contribution is 0.891. The summed E-state index contributed by atoms with van der Waals surface area (Å²) in [5.74, 6) is 0. The molecule has 0 fully saturated rings. The molecule has 2 heterocycles. The average Bonchev–Trinajstić information content (AvgIpc) is 2.85. The fraction of sp³-hybridized carbons (Fsp3) is 0.333. The van der Waals surface area contributed by atoms with Crippen molar-refractivity contribution in [2.45, 2.75) is 34.6 Å². The lowest BCUT2D eigenvalue weighted by Gasteiger charge is -2.02. The van der Waals surface area contributed by atoms with Crippen LogP contribution in [0.2, 0.25) is 0 Å². The largest absolute Gasteiger partial charge is 0.326 e. The van der Waals surface area contributed by atoms with Gasteiger partial charge in [-0.15, -0.1) is 0 Å². The fourth-order valence-corrected chi connectivity index (χ4v) is 2.09. The van der Waals surface area contributed by atoms with Crippen molar-refractivity contribution in [3.8, 4) is 11.3 Å². The van der Waals surface area contributed by atoms with Crippen LogP contribution in [0.4, 0.5) is 0 Å². The van der Waals surface area contributed by atoms with Crippen molar-refractivity contribution in [1.82, 2.24) is 14.5 Å². The zero-order valence-electron chi connectivity index (χ0n) is 14.3. The third-order valence-electron chi connectivity index (χ3n) is 3.12. The third kappa shape index (κ3) is 3.64. The summed E-state index contributed by atoms with van der Waals surface area (Å²) >= 11 is 0. The Labute approximate surface area is 131 Å². The fourth-order valence-electron chi connectivity index (χ4n) is 2.09. The number of fused-ring (bicyclic) bond motifs is 1. The van der Waals surface area contributed by atoms with Crippen molar-refractivity contribution < 1.29 is 0 Å². The van der Waals surface area contributed by atoms with Crippen LogP contribution in [0.3, 0.4) is 0 Å². The molecular weight excluding hydrogens is 274 g/mol. The van der Waals surface area contributed by atoms with E-state index in [-0.39, 0.29) is 5.69 Å². The predicted molar refractivity (Wildman–Crippen MR) is 94.2 cm³/mol. The second-order valence-electron chi connectivity index (χ2n) is 4.44. The van der Waals surface area contributed by atoms with Crippen LogP contribution in [-0.4, -0.2) is 14.5 Å². The van der Waals surface area contributed by atoms with Crippen molar-refractivity contribution in [2.75, 3.05) is 0 Å². The topological polar surface area (TPSA) is 50.7 Å². The quantitative estimate of drug-likeness (QED) is 0.728. The Balaban J connectivity index is 0.000000561. The van der Waals surface area contributed by atoms with Gasteiger partial charge in [0.2, 0.25) is 0 Å². The van der Waals surface area contributed by atoms with Gasteiger partial charge >= 0.3 is 5.69 Å². The Morgan fingerprint density at radius 1 is 1.05 bits per heavy atom. The predicted octanol–water partition coefficient (Wildman–Crippen LogP) is 4.29. The van der Waals surface area contributed by atoms with Gasteiger partial charge in [0, 0.05) is 18.8 Å². The van der Waals surface area contributed by atoms with Crippen LogP contribution in [0, 0.1) is 6.92 Å². The molecule has 3 aromatic rings. The minimum Gasteiger partial charge on any atom is -0.306 e. The molecule has 4 heteroatoms. The molecule has 0 aliphatic heterocycles. The Bertz CT molecular complexity index is 784. The number of aromatic amines is 1. The average molecular weight is 299 g/mol.